The van der Waals surface area contributed by atoms with Crippen molar-refractivity contribution in [3.05, 3.63) is 51.7 Å². The van der Waals surface area contributed by atoms with Crippen LogP contribution in [0, 0.1) is 0 Å². The summed E-state index contributed by atoms with van der Waals surface area (Å²) >= 11 is 4.73. The van der Waals surface area contributed by atoms with Crippen LogP contribution in [-0.2, 0) is 24.7 Å². The molecule has 1 amide bonds. The molecule has 164 valence electrons. The Balaban J connectivity index is 1.32. The van der Waals surface area contributed by atoms with Gasteiger partial charge in [-0.3, -0.25) is 4.79 Å². The zero-order valence-corrected chi connectivity index (χ0v) is 19.8. The first-order valence-corrected chi connectivity index (χ1v) is 12.1. The number of aromatic nitrogens is 2. The molecule has 0 atom stereocenters. The van der Waals surface area contributed by atoms with Crippen LogP contribution in [0.1, 0.15) is 29.7 Å². The van der Waals surface area contributed by atoms with E-state index in [0.29, 0.717) is 15.6 Å². The first-order valence-electron chi connectivity index (χ1n) is 10.3. The maximum atomic E-state index is 12.4. The summed E-state index contributed by atoms with van der Waals surface area (Å²) in [6, 6.07) is 9.63. The van der Waals surface area contributed by atoms with Crippen molar-refractivity contribution in [1.82, 2.24) is 15.0 Å². The predicted molar refractivity (Wildman–Crippen MR) is 129 cm³/mol. The van der Waals surface area contributed by atoms with E-state index < -0.39 is 0 Å². The van der Waals surface area contributed by atoms with Crippen molar-refractivity contribution < 1.29 is 14.3 Å². The van der Waals surface area contributed by atoms with Crippen LogP contribution in [0.5, 0.6) is 5.75 Å². The number of aromatic hydroxyl groups is 1. The van der Waals surface area contributed by atoms with Gasteiger partial charge in [-0.25, -0.2) is 10.4 Å². The molecule has 7 nitrogen and oxygen atoms in total. The molecule has 0 aliphatic heterocycles. The van der Waals surface area contributed by atoms with Gasteiger partial charge in [-0.1, -0.05) is 23.9 Å². The van der Waals surface area contributed by atoms with Gasteiger partial charge in [0, 0.05) is 30.0 Å². The number of hydrogen-bond acceptors (Lipinski definition) is 6. The van der Waals surface area contributed by atoms with Crippen LogP contribution in [0.2, 0.25) is 0 Å². The first kappa shape index (κ1) is 21.1. The summed E-state index contributed by atoms with van der Waals surface area (Å²) in [6.45, 7) is 0. The highest BCUT2D eigenvalue weighted by Gasteiger charge is 2.23. The number of phenolic OH excluding ortho intramolecular Hbond substituents is 1. The minimum absolute atomic E-state index is 0.0822. The zero-order chi connectivity index (χ0) is 22.2. The molecular formula is C23H21BrN4O3S. The van der Waals surface area contributed by atoms with Crippen LogP contribution in [0.3, 0.4) is 0 Å². The smallest absolute Gasteiger partial charge is 0.250 e. The molecule has 2 aromatic heterocycles. The number of phenols is 1. The lowest BCUT2D eigenvalue weighted by Crippen LogP contribution is -2.20. The molecule has 0 radical (unpaired) electrons. The number of aryl methyl sites for hydroxylation is 3. The summed E-state index contributed by atoms with van der Waals surface area (Å²) in [7, 11) is 1.93. The maximum absolute atomic E-state index is 12.4. The van der Waals surface area contributed by atoms with Crippen LogP contribution in [0.4, 0.5) is 0 Å². The molecule has 5 rings (SSSR count). The van der Waals surface area contributed by atoms with Gasteiger partial charge in [0.2, 0.25) is 0 Å². The number of halogens is 1. The molecule has 4 aromatic rings. The quantitative estimate of drug-likeness (QED) is 0.225. The monoisotopic (exact) mass is 512 g/mol. The summed E-state index contributed by atoms with van der Waals surface area (Å²) in [5.74, 6) is 0.980. The van der Waals surface area contributed by atoms with E-state index in [1.54, 1.807) is 6.07 Å². The number of imidazole rings is 1. The molecule has 0 saturated heterocycles. The first-order chi connectivity index (χ1) is 15.5. The molecule has 0 bridgehead atoms. The van der Waals surface area contributed by atoms with Gasteiger partial charge in [-0.05, 0) is 53.4 Å². The van der Waals surface area contributed by atoms with Crippen molar-refractivity contribution in [2.75, 3.05) is 5.75 Å². The number of carbonyl (C=O) groups excluding carboxylic acids is 1. The number of furan rings is 1. The summed E-state index contributed by atoms with van der Waals surface area (Å²) in [5.41, 5.74) is 6.85. The van der Waals surface area contributed by atoms with E-state index in [9.17, 15) is 9.90 Å². The highest BCUT2D eigenvalue weighted by molar-refractivity contribution is 9.10. The maximum Gasteiger partial charge on any atom is 0.250 e. The normalized spacial score (nSPS) is 13.8. The molecule has 0 fully saturated rings. The fourth-order valence-electron chi connectivity index (χ4n) is 4.12. The molecule has 32 heavy (non-hydrogen) atoms. The van der Waals surface area contributed by atoms with E-state index in [4.69, 9.17) is 4.42 Å². The third-order valence-corrected chi connectivity index (χ3v) is 7.30. The molecule has 2 heterocycles. The topological polar surface area (TPSA) is 92.7 Å². The number of nitrogens with one attached hydrogen (secondary N) is 1. The van der Waals surface area contributed by atoms with Crippen molar-refractivity contribution in [1.29, 1.82) is 0 Å². The second-order valence-electron chi connectivity index (χ2n) is 7.73. The third kappa shape index (κ3) is 3.80. The lowest BCUT2D eigenvalue weighted by Gasteiger charge is -2.10. The van der Waals surface area contributed by atoms with Crippen LogP contribution in [0.25, 0.3) is 22.0 Å². The highest BCUT2D eigenvalue weighted by Crippen LogP contribution is 2.40. The Bertz CT molecular complexity index is 1380. The number of carbonyl (C=O) groups is 1. The Labute approximate surface area is 197 Å². The van der Waals surface area contributed by atoms with E-state index in [2.05, 4.69) is 31.4 Å². The molecule has 0 spiro atoms. The molecule has 1 aliphatic rings. The van der Waals surface area contributed by atoms with E-state index >= 15 is 0 Å². The third-order valence-electron chi connectivity index (χ3n) is 5.67. The van der Waals surface area contributed by atoms with Crippen LogP contribution >= 0.6 is 27.7 Å². The highest BCUT2D eigenvalue weighted by atomic mass is 79.9. The summed E-state index contributed by atoms with van der Waals surface area (Å²) in [6.07, 6.45) is 5.48. The standard InChI is InChI=1S/C23H21BrN4O3S/c1-28-17-8-4-3-7-16(17)26-23(28)32-12-20(29)27-25-11-14-21-13-6-2-5-9-18(13)31-19(21)10-15(24)22(14)30/h3-4,7-8,10-11,30H,2,5-6,9,12H2,1H3,(H,27,29)/b25-11-. The largest absolute Gasteiger partial charge is 0.506 e. The van der Waals surface area contributed by atoms with Crippen LogP contribution in [0.15, 0.2) is 49.5 Å². The number of thioether (sulfide) groups is 1. The number of rotatable bonds is 5. The van der Waals surface area contributed by atoms with Crippen molar-refractivity contribution in [2.45, 2.75) is 30.8 Å². The zero-order valence-electron chi connectivity index (χ0n) is 17.4. The predicted octanol–water partition coefficient (Wildman–Crippen LogP) is 4.91. The minimum atomic E-state index is -0.252. The van der Waals surface area contributed by atoms with Gasteiger partial charge < -0.3 is 14.1 Å². The van der Waals surface area contributed by atoms with Crippen molar-refractivity contribution in [2.24, 2.45) is 12.1 Å². The van der Waals surface area contributed by atoms with Crippen molar-refractivity contribution in [3.63, 3.8) is 0 Å². The molecule has 2 aromatic carbocycles. The molecule has 1 aliphatic carbocycles. The van der Waals surface area contributed by atoms with Crippen LogP contribution in [-0.4, -0.2) is 32.5 Å². The van der Waals surface area contributed by atoms with E-state index in [-0.39, 0.29) is 17.4 Å². The number of hydrazone groups is 1. The average Bonchev–Trinajstić information content (AvgIpc) is 3.32. The van der Waals surface area contributed by atoms with E-state index in [1.807, 2.05) is 35.9 Å². The fraction of sp³-hybridized carbons (Fsp3) is 0.261. The molecule has 9 heteroatoms. The van der Waals surface area contributed by atoms with Gasteiger partial charge in [0.1, 0.15) is 17.1 Å². The second kappa shape index (κ2) is 8.63. The van der Waals surface area contributed by atoms with Crippen molar-refractivity contribution >= 4 is 61.8 Å². The SMILES string of the molecule is Cn1c(SCC(=O)N/N=C\c2c(O)c(Br)cc3oc4c(c23)CCCC4)nc2ccccc21. The van der Waals surface area contributed by atoms with Gasteiger partial charge in [0.15, 0.2) is 5.16 Å². The van der Waals surface area contributed by atoms with Gasteiger partial charge in [0.25, 0.3) is 5.91 Å². The molecule has 0 unspecified atom stereocenters. The minimum Gasteiger partial charge on any atom is -0.506 e. The van der Waals surface area contributed by atoms with E-state index in [0.717, 1.165) is 58.6 Å². The summed E-state index contributed by atoms with van der Waals surface area (Å²) < 4.78 is 8.51. The Hall–Kier alpha value is -2.78. The van der Waals surface area contributed by atoms with Gasteiger partial charge in [-0.15, -0.1) is 0 Å². The fourth-order valence-corrected chi connectivity index (χ4v) is 5.33. The molecular weight excluding hydrogens is 492 g/mol. The number of hydrogen-bond donors (Lipinski definition) is 2. The number of benzene rings is 2. The lowest BCUT2D eigenvalue weighted by atomic mass is 9.94. The number of fused-ring (bicyclic) bond motifs is 4. The number of amides is 1. The Morgan fingerprint density at radius 3 is 3.03 bits per heavy atom. The second-order valence-corrected chi connectivity index (χ2v) is 9.53. The summed E-state index contributed by atoms with van der Waals surface area (Å²) in [5, 5.41) is 16.4. The van der Waals surface area contributed by atoms with Gasteiger partial charge in [-0.2, -0.15) is 5.10 Å². The Morgan fingerprint density at radius 2 is 2.19 bits per heavy atom. The summed E-state index contributed by atoms with van der Waals surface area (Å²) in [4.78, 5) is 16.9. The number of para-hydroxylation sites is 2. The van der Waals surface area contributed by atoms with Crippen LogP contribution < -0.4 is 5.43 Å². The lowest BCUT2D eigenvalue weighted by molar-refractivity contribution is -0.118. The number of nitrogens with zero attached hydrogens (tertiary/aromatic N) is 3. The Kier molecular flexibility index (Phi) is 5.69. The average molecular weight is 513 g/mol. The van der Waals surface area contributed by atoms with Gasteiger partial charge >= 0.3 is 0 Å². The Morgan fingerprint density at radius 1 is 1.38 bits per heavy atom. The van der Waals surface area contributed by atoms with Gasteiger partial charge in [0.05, 0.1) is 27.5 Å². The molecule has 0 saturated carbocycles. The molecule has 2 N–H and O–H groups in total. The van der Waals surface area contributed by atoms with E-state index in [1.165, 1.54) is 18.0 Å². The van der Waals surface area contributed by atoms with Crippen molar-refractivity contribution in [3.8, 4) is 5.75 Å².